The van der Waals surface area contributed by atoms with Gasteiger partial charge < -0.3 is 0 Å². The van der Waals surface area contributed by atoms with E-state index in [0.29, 0.717) is 5.92 Å². The molecular formula is C18H20Cl2Zr. The Morgan fingerprint density at radius 2 is 1.71 bits per heavy atom. The maximum Gasteiger partial charge on any atom is -0.0809 e. The van der Waals surface area contributed by atoms with Crippen molar-refractivity contribution >= 4 is 27.8 Å². The fourth-order valence-electron chi connectivity index (χ4n) is 2.23. The van der Waals surface area contributed by atoms with Gasteiger partial charge >= 0.3 is 37.9 Å². The zero-order valence-electron chi connectivity index (χ0n) is 12.9. The number of halogens is 2. The zero-order chi connectivity index (χ0) is 15.8. The van der Waals surface area contributed by atoms with Gasteiger partial charge in [-0.2, -0.15) is 28.7 Å². The molecule has 1 atom stereocenters. The Labute approximate surface area is 146 Å². The van der Waals surface area contributed by atoms with E-state index in [1.54, 1.807) is 0 Å². The van der Waals surface area contributed by atoms with Crippen LogP contribution < -0.4 is 0 Å². The van der Waals surface area contributed by atoms with Gasteiger partial charge in [0.15, 0.2) is 0 Å². The van der Waals surface area contributed by atoms with Crippen molar-refractivity contribution in [3.8, 4) is 0 Å². The van der Waals surface area contributed by atoms with Crippen LogP contribution in [0.3, 0.4) is 0 Å². The molecule has 0 N–H and O–H groups in total. The summed E-state index contributed by atoms with van der Waals surface area (Å²) in [5.74, 6) is 0.560. The second kappa shape index (κ2) is 9.72. The van der Waals surface area contributed by atoms with Crippen LogP contribution in [0.5, 0.6) is 0 Å². The molecule has 0 nitrogen and oxygen atoms in total. The van der Waals surface area contributed by atoms with Crippen LogP contribution >= 0.6 is 17.0 Å². The van der Waals surface area contributed by atoms with E-state index in [0.717, 1.165) is 0 Å². The van der Waals surface area contributed by atoms with E-state index < -0.39 is 20.8 Å². The fourth-order valence-corrected chi connectivity index (χ4v) is 2.23. The van der Waals surface area contributed by atoms with Crippen molar-refractivity contribution in [3.63, 3.8) is 0 Å². The van der Waals surface area contributed by atoms with Crippen molar-refractivity contribution in [1.29, 1.82) is 0 Å². The van der Waals surface area contributed by atoms with Gasteiger partial charge in [-0.3, -0.25) is 6.08 Å². The molecule has 0 amide bonds. The third-order valence-electron chi connectivity index (χ3n) is 3.78. The Morgan fingerprint density at radius 3 is 2.14 bits per heavy atom. The SMILES string of the molecule is CC1=[C-]C(C)C(C)=C1C.[Cl][Zr+2][Cl].c1ccc2[cH-]ccc2c1. The summed E-state index contributed by atoms with van der Waals surface area (Å²) in [6.45, 7) is 8.67. The molecule has 1 unspecified atom stereocenters. The molecule has 2 aromatic carbocycles. The van der Waals surface area contributed by atoms with Gasteiger partial charge in [-0.1, -0.05) is 32.8 Å². The molecule has 21 heavy (non-hydrogen) atoms. The minimum atomic E-state index is -0.826. The summed E-state index contributed by atoms with van der Waals surface area (Å²) in [7, 11) is 9.87. The summed E-state index contributed by atoms with van der Waals surface area (Å²) >= 11 is -0.826. The smallest absolute Gasteiger partial charge is 0.0809 e. The van der Waals surface area contributed by atoms with Crippen molar-refractivity contribution in [2.24, 2.45) is 5.92 Å². The number of allylic oxidation sites excluding steroid dienone is 4. The van der Waals surface area contributed by atoms with Crippen molar-refractivity contribution in [1.82, 2.24) is 0 Å². The number of rotatable bonds is 0. The first-order valence-corrected chi connectivity index (χ1v) is 13.2. The quantitative estimate of drug-likeness (QED) is 0.436. The first-order valence-electron chi connectivity index (χ1n) is 6.85. The Balaban J connectivity index is 0.000000178. The molecule has 1 aliphatic carbocycles. The Bertz CT molecular complexity index is 593. The maximum atomic E-state index is 4.93. The van der Waals surface area contributed by atoms with Gasteiger partial charge in [0.2, 0.25) is 0 Å². The summed E-state index contributed by atoms with van der Waals surface area (Å²) in [5, 5.41) is 2.66. The van der Waals surface area contributed by atoms with Crippen molar-refractivity contribution in [3.05, 3.63) is 65.3 Å². The minimum Gasteiger partial charge on any atom is -0.168 e. The van der Waals surface area contributed by atoms with Crippen LogP contribution in [-0.4, -0.2) is 0 Å². The van der Waals surface area contributed by atoms with Gasteiger partial charge in [-0.05, 0) is 0 Å². The molecule has 0 aliphatic heterocycles. The molecule has 3 rings (SSSR count). The van der Waals surface area contributed by atoms with Gasteiger partial charge in [-0.25, -0.2) is 5.57 Å². The van der Waals surface area contributed by atoms with E-state index in [9.17, 15) is 0 Å². The third kappa shape index (κ3) is 5.82. The number of hydrogen-bond acceptors (Lipinski definition) is 0. The minimum absolute atomic E-state index is 0.560. The normalized spacial score (nSPS) is 16.5. The molecule has 0 fully saturated rings. The molecule has 110 valence electrons. The standard InChI is InChI=1S/C9H7.C9H13.2ClH.Zr/c1-2-5-9-7-3-6-8(9)4-1;1-6-5-7(2)9(4)8(6)3;;;/h1-7H;6H,1-4H3;2*1H;/q2*-1;;;+4/p-2. The van der Waals surface area contributed by atoms with E-state index in [-0.39, 0.29) is 0 Å². The van der Waals surface area contributed by atoms with Crippen LogP contribution in [0.1, 0.15) is 27.7 Å². The fraction of sp³-hybridized carbons (Fsp3) is 0.278. The van der Waals surface area contributed by atoms with Crippen molar-refractivity contribution in [2.75, 3.05) is 0 Å². The van der Waals surface area contributed by atoms with Gasteiger partial charge in [-0.15, -0.1) is 36.6 Å². The molecule has 0 heterocycles. The molecule has 0 aromatic heterocycles. The second-order valence-corrected chi connectivity index (χ2v) is 8.76. The van der Waals surface area contributed by atoms with Crippen LogP contribution in [0.4, 0.5) is 0 Å². The van der Waals surface area contributed by atoms with Crippen LogP contribution in [0.25, 0.3) is 10.8 Å². The summed E-state index contributed by atoms with van der Waals surface area (Å²) in [6.07, 6.45) is 3.36. The van der Waals surface area contributed by atoms with Crippen LogP contribution in [0.15, 0.2) is 59.2 Å². The molecule has 0 spiro atoms. The average Bonchev–Trinajstić information content (AvgIpc) is 3.02. The van der Waals surface area contributed by atoms with Crippen LogP contribution in [0, 0.1) is 12.0 Å². The summed E-state index contributed by atoms with van der Waals surface area (Å²) in [6, 6.07) is 14.7. The average molecular weight is 398 g/mol. The summed E-state index contributed by atoms with van der Waals surface area (Å²) in [5.41, 5.74) is 4.25. The monoisotopic (exact) mass is 396 g/mol. The molecule has 0 bridgehead atoms. The third-order valence-corrected chi connectivity index (χ3v) is 3.78. The first-order chi connectivity index (χ1) is 10.0. The van der Waals surface area contributed by atoms with E-state index in [1.165, 1.54) is 27.5 Å². The van der Waals surface area contributed by atoms with Gasteiger partial charge in [0, 0.05) is 0 Å². The van der Waals surface area contributed by atoms with E-state index in [4.69, 9.17) is 17.0 Å². The zero-order valence-corrected chi connectivity index (χ0v) is 16.8. The van der Waals surface area contributed by atoms with Crippen molar-refractivity contribution in [2.45, 2.75) is 27.7 Å². The molecule has 3 heteroatoms. The Morgan fingerprint density at radius 1 is 1.10 bits per heavy atom. The molecular weight excluding hydrogens is 378 g/mol. The summed E-state index contributed by atoms with van der Waals surface area (Å²) < 4.78 is 0. The molecule has 0 saturated heterocycles. The predicted octanol–water partition coefficient (Wildman–Crippen LogP) is 6.66. The van der Waals surface area contributed by atoms with Crippen LogP contribution in [-0.2, 0) is 20.8 Å². The number of benzene rings is 1. The van der Waals surface area contributed by atoms with Crippen LogP contribution in [0.2, 0.25) is 0 Å². The van der Waals surface area contributed by atoms with Crippen molar-refractivity contribution < 1.29 is 20.8 Å². The Hall–Kier alpha value is -0.227. The number of fused-ring (bicyclic) bond motifs is 1. The van der Waals surface area contributed by atoms with E-state index in [2.05, 4.69) is 76.2 Å². The molecule has 0 radical (unpaired) electrons. The number of hydrogen-bond donors (Lipinski definition) is 0. The van der Waals surface area contributed by atoms with Gasteiger partial charge in [0.25, 0.3) is 0 Å². The first kappa shape index (κ1) is 18.8. The van der Waals surface area contributed by atoms with Gasteiger partial charge in [0.05, 0.1) is 0 Å². The Kier molecular flexibility index (Phi) is 8.71. The van der Waals surface area contributed by atoms with E-state index in [1.807, 2.05) is 0 Å². The predicted molar refractivity (Wildman–Crippen MR) is 91.2 cm³/mol. The topological polar surface area (TPSA) is 0 Å². The maximum absolute atomic E-state index is 4.93. The molecule has 2 aromatic rings. The van der Waals surface area contributed by atoms with E-state index >= 15 is 0 Å². The largest absolute Gasteiger partial charge is 0.168 e. The molecule has 0 saturated carbocycles. The van der Waals surface area contributed by atoms with Gasteiger partial charge in [0.1, 0.15) is 0 Å². The second-order valence-electron chi connectivity index (χ2n) is 5.03. The summed E-state index contributed by atoms with van der Waals surface area (Å²) in [4.78, 5) is 0. The molecule has 1 aliphatic rings.